The summed E-state index contributed by atoms with van der Waals surface area (Å²) in [7, 11) is 0. The van der Waals surface area contributed by atoms with Gasteiger partial charge >= 0.3 is 17.9 Å². The van der Waals surface area contributed by atoms with Gasteiger partial charge in [-0.15, -0.1) is 0 Å². The molecule has 0 aromatic rings. The van der Waals surface area contributed by atoms with E-state index in [2.05, 4.69) is 41.5 Å². The third kappa shape index (κ3) is 37.7. The van der Waals surface area contributed by atoms with Crippen molar-refractivity contribution in [2.45, 2.75) is 253 Å². The fourth-order valence-corrected chi connectivity index (χ4v) is 7.13. The summed E-state index contributed by atoms with van der Waals surface area (Å²) >= 11 is 0. The Hall–Kier alpha value is -1.63. The Morgan fingerprint density at radius 1 is 0.364 bits per heavy atom. The normalized spacial score (nSPS) is 11.9. The molecule has 0 rings (SSSR count). The Morgan fingerprint density at radius 2 is 0.582 bits per heavy atom. The summed E-state index contributed by atoms with van der Waals surface area (Å²) in [6.45, 7) is 14.3. The van der Waals surface area contributed by atoms with Crippen molar-refractivity contribution in [2.24, 2.45) is 17.8 Å². The van der Waals surface area contributed by atoms with Crippen molar-refractivity contribution in [3.8, 4) is 0 Å². The third-order valence-corrected chi connectivity index (χ3v) is 10.8. The van der Waals surface area contributed by atoms with Crippen molar-refractivity contribution in [2.75, 3.05) is 19.8 Å². The lowest BCUT2D eigenvalue weighted by molar-refractivity contribution is -0.178. The van der Waals surface area contributed by atoms with Crippen LogP contribution >= 0.6 is 0 Å². The first-order valence-electron chi connectivity index (χ1n) is 23.7. The number of carbonyl (C=O) groups is 3. The van der Waals surface area contributed by atoms with E-state index in [0.29, 0.717) is 6.42 Å². The van der Waals surface area contributed by atoms with E-state index in [1.165, 1.54) is 128 Å². The van der Waals surface area contributed by atoms with E-state index >= 15 is 0 Å². The van der Waals surface area contributed by atoms with Crippen molar-refractivity contribution < 1.29 is 33.7 Å². The van der Waals surface area contributed by atoms with E-state index in [0.717, 1.165) is 75.5 Å². The molecule has 0 aliphatic rings. The minimum atomic E-state index is -2.30. The van der Waals surface area contributed by atoms with E-state index in [1.54, 1.807) is 0 Å². The van der Waals surface area contributed by atoms with Crippen LogP contribution in [0.1, 0.15) is 247 Å². The summed E-state index contributed by atoms with van der Waals surface area (Å²) in [5, 5.41) is 11.3. The minimum Gasteiger partial charge on any atom is -0.466 e. The quantitative estimate of drug-likeness (QED) is 0.0375. The summed E-state index contributed by atoms with van der Waals surface area (Å²) in [5.74, 6) is 0.0295. The second-order valence-corrected chi connectivity index (χ2v) is 18.1. The van der Waals surface area contributed by atoms with E-state index in [9.17, 15) is 19.5 Å². The monoisotopic (exact) mass is 781 g/mol. The number of unbranched alkanes of at least 4 members (excludes halogenated alkanes) is 24. The first-order chi connectivity index (χ1) is 26.5. The summed E-state index contributed by atoms with van der Waals surface area (Å²) in [6.07, 6.45) is 33.9. The number of ether oxygens (including phenoxy) is 3. The van der Waals surface area contributed by atoms with Crippen molar-refractivity contribution in [3.63, 3.8) is 0 Å². The Labute approximate surface area is 341 Å². The van der Waals surface area contributed by atoms with Crippen LogP contribution in [-0.2, 0) is 28.6 Å². The van der Waals surface area contributed by atoms with Gasteiger partial charge < -0.3 is 19.3 Å². The number of esters is 3. The van der Waals surface area contributed by atoms with Crippen molar-refractivity contribution >= 4 is 17.9 Å². The number of hydrogen-bond acceptors (Lipinski definition) is 7. The highest BCUT2D eigenvalue weighted by atomic mass is 16.6. The Kier molecular flexibility index (Phi) is 36.8. The van der Waals surface area contributed by atoms with Crippen LogP contribution in [0.25, 0.3) is 0 Å². The predicted molar refractivity (Wildman–Crippen MR) is 230 cm³/mol. The van der Waals surface area contributed by atoms with Crippen molar-refractivity contribution in [1.29, 1.82) is 0 Å². The lowest BCUT2D eigenvalue weighted by Gasteiger charge is -2.24. The van der Waals surface area contributed by atoms with E-state index in [1.807, 2.05) is 0 Å². The fraction of sp³-hybridized carbons (Fsp3) is 0.938. The molecule has 0 atom stereocenters. The maximum Gasteiger partial charge on any atom is 0.339 e. The molecule has 0 saturated heterocycles. The fourth-order valence-electron chi connectivity index (χ4n) is 7.13. The second-order valence-electron chi connectivity index (χ2n) is 18.1. The highest BCUT2D eigenvalue weighted by molar-refractivity contribution is 5.90. The number of aliphatic hydroxyl groups is 1. The molecule has 0 aliphatic heterocycles. The maximum atomic E-state index is 13.1. The molecular formula is C48H92O7. The van der Waals surface area contributed by atoms with Crippen LogP contribution in [-0.4, -0.2) is 48.4 Å². The number of rotatable bonds is 41. The molecule has 0 aliphatic carbocycles. The van der Waals surface area contributed by atoms with Gasteiger partial charge in [0.15, 0.2) is 5.60 Å². The molecule has 0 saturated carbocycles. The molecule has 0 spiro atoms. The van der Waals surface area contributed by atoms with E-state index in [4.69, 9.17) is 14.2 Å². The van der Waals surface area contributed by atoms with Gasteiger partial charge in [-0.05, 0) is 37.0 Å². The standard InChI is InChI=1S/C48H92O7/c1-42(2)34-28-22-16-10-7-13-19-25-31-37-53-45(49)40-48(52,47(51)55-39-33-27-21-15-9-12-18-24-30-36-44(5)6)41-46(50)54-38-32-26-20-14-8-11-17-23-29-35-43(3)4/h42-44,52H,7-41H2,1-6H3. The van der Waals surface area contributed by atoms with Crippen LogP contribution in [0.5, 0.6) is 0 Å². The smallest absolute Gasteiger partial charge is 0.339 e. The zero-order valence-corrected chi connectivity index (χ0v) is 37.4. The third-order valence-electron chi connectivity index (χ3n) is 10.8. The molecule has 0 heterocycles. The van der Waals surface area contributed by atoms with Crippen LogP contribution < -0.4 is 0 Å². The molecule has 0 unspecified atom stereocenters. The molecular weight excluding hydrogens is 689 g/mol. The summed E-state index contributed by atoms with van der Waals surface area (Å²) in [4.78, 5) is 38.7. The van der Waals surface area contributed by atoms with Crippen LogP contribution in [0.4, 0.5) is 0 Å². The highest BCUT2D eigenvalue weighted by Crippen LogP contribution is 2.22. The Bertz CT molecular complexity index is 838. The van der Waals surface area contributed by atoms with Gasteiger partial charge in [0.25, 0.3) is 0 Å². The molecule has 7 nitrogen and oxygen atoms in total. The zero-order chi connectivity index (χ0) is 40.8. The van der Waals surface area contributed by atoms with E-state index in [-0.39, 0.29) is 19.8 Å². The Balaban J connectivity index is 4.52. The van der Waals surface area contributed by atoms with Crippen LogP contribution in [0.3, 0.4) is 0 Å². The molecule has 7 heteroatoms. The van der Waals surface area contributed by atoms with Crippen molar-refractivity contribution in [1.82, 2.24) is 0 Å². The van der Waals surface area contributed by atoms with Gasteiger partial charge in [0.05, 0.1) is 32.7 Å². The molecule has 0 aromatic heterocycles. The topological polar surface area (TPSA) is 99.1 Å². The largest absolute Gasteiger partial charge is 0.466 e. The second kappa shape index (κ2) is 37.9. The molecule has 0 radical (unpaired) electrons. The first-order valence-corrected chi connectivity index (χ1v) is 23.7. The van der Waals surface area contributed by atoms with Gasteiger partial charge in [-0.25, -0.2) is 4.79 Å². The highest BCUT2D eigenvalue weighted by Gasteiger charge is 2.43. The van der Waals surface area contributed by atoms with Gasteiger partial charge in [-0.2, -0.15) is 0 Å². The Morgan fingerprint density at radius 3 is 0.836 bits per heavy atom. The van der Waals surface area contributed by atoms with Gasteiger partial charge in [0.2, 0.25) is 0 Å². The van der Waals surface area contributed by atoms with Gasteiger partial charge in [-0.3, -0.25) is 9.59 Å². The summed E-state index contributed by atoms with van der Waals surface area (Å²) in [5.41, 5.74) is -2.30. The minimum absolute atomic E-state index is 0.149. The lowest BCUT2D eigenvalue weighted by Crippen LogP contribution is -2.45. The average molecular weight is 781 g/mol. The molecule has 0 amide bonds. The number of hydrogen-bond donors (Lipinski definition) is 1. The first kappa shape index (κ1) is 53.4. The van der Waals surface area contributed by atoms with Crippen LogP contribution in [0, 0.1) is 17.8 Å². The van der Waals surface area contributed by atoms with E-state index < -0.39 is 36.4 Å². The van der Waals surface area contributed by atoms with Crippen LogP contribution in [0.15, 0.2) is 0 Å². The zero-order valence-electron chi connectivity index (χ0n) is 37.4. The predicted octanol–water partition coefficient (Wildman–Crippen LogP) is 13.8. The maximum absolute atomic E-state index is 13.1. The average Bonchev–Trinajstić information content (AvgIpc) is 3.12. The molecule has 0 aromatic carbocycles. The number of carbonyl (C=O) groups excluding carboxylic acids is 3. The van der Waals surface area contributed by atoms with Gasteiger partial charge in [-0.1, -0.05) is 215 Å². The SMILES string of the molecule is CC(C)CCCCCCCCCCCOC(=O)CC(O)(CC(=O)OCCCCCCCCCCCC(C)C)C(=O)OCCCCCCCCCCCC(C)C. The summed E-state index contributed by atoms with van der Waals surface area (Å²) < 4.78 is 16.3. The molecule has 1 N–H and O–H groups in total. The van der Waals surface area contributed by atoms with Gasteiger partial charge in [0.1, 0.15) is 0 Å². The molecule has 326 valence electrons. The summed E-state index contributed by atoms with van der Waals surface area (Å²) in [6, 6.07) is 0. The lowest BCUT2D eigenvalue weighted by atomic mass is 9.95. The van der Waals surface area contributed by atoms with Crippen molar-refractivity contribution in [3.05, 3.63) is 0 Å². The molecule has 55 heavy (non-hydrogen) atoms. The molecule has 0 fully saturated rings. The van der Waals surface area contributed by atoms with Gasteiger partial charge in [0, 0.05) is 0 Å². The molecule has 0 bridgehead atoms. The van der Waals surface area contributed by atoms with Crippen LogP contribution in [0.2, 0.25) is 0 Å².